The fraction of sp³-hybridized carbons (Fsp3) is 0.308. The first-order chi connectivity index (χ1) is 13.7. The van der Waals surface area contributed by atoms with Gasteiger partial charge in [-0.05, 0) is 77.1 Å². The number of hydrogen-bond donors (Lipinski definition) is 1. The van der Waals surface area contributed by atoms with E-state index in [1.54, 1.807) is 6.26 Å². The maximum absolute atomic E-state index is 6.04. The molecule has 0 radical (unpaired) electrons. The van der Waals surface area contributed by atoms with Gasteiger partial charge in [0.15, 0.2) is 0 Å². The van der Waals surface area contributed by atoms with Crippen molar-refractivity contribution < 1.29 is 4.74 Å². The highest BCUT2D eigenvalue weighted by molar-refractivity contribution is 5.87. The van der Waals surface area contributed by atoms with Gasteiger partial charge in [0.25, 0.3) is 0 Å². The van der Waals surface area contributed by atoms with Crippen molar-refractivity contribution in [3.8, 4) is 0 Å². The molecular formula is C26H29NO. The Hall–Kier alpha value is -2.58. The van der Waals surface area contributed by atoms with Crippen molar-refractivity contribution in [3.63, 3.8) is 0 Å². The van der Waals surface area contributed by atoms with Gasteiger partial charge in [-0.2, -0.15) is 0 Å². The minimum Gasteiger partial charge on any atom is -0.497 e. The van der Waals surface area contributed by atoms with E-state index in [9.17, 15) is 0 Å². The fourth-order valence-electron chi connectivity index (χ4n) is 4.36. The molecule has 2 nitrogen and oxygen atoms in total. The fourth-order valence-corrected chi connectivity index (χ4v) is 4.36. The van der Waals surface area contributed by atoms with E-state index in [1.165, 1.54) is 51.6 Å². The summed E-state index contributed by atoms with van der Waals surface area (Å²) < 4.78 is 4.80. The van der Waals surface area contributed by atoms with Gasteiger partial charge in [0.2, 0.25) is 0 Å². The van der Waals surface area contributed by atoms with Crippen molar-refractivity contribution >= 4 is 22.9 Å². The van der Waals surface area contributed by atoms with E-state index < -0.39 is 0 Å². The molecule has 0 aromatic heterocycles. The van der Waals surface area contributed by atoms with Crippen molar-refractivity contribution in [1.82, 2.24) is 0 Å². The second kappa shape index (κ2) is 8.62. The molecule has 1 unspecified atom stereocenters. The Bertz CT molecular complexity index is 1040. The molecule has 3 aliphatic rings. The molecule has 5 rings (SSSR count). The molecule has 2 aromatic rings. The Balaban J connectivity index is 0.000000275. The van der Waals surface area contributed by atoms with Gasteiger partial charge < -0.3 is 10.5 Å². The molecule has 2 heteroatoms. The second-order valence-electron chi connectivity index (χ2n) is 7.86. The van der Waals surface area contributed by atoms with Crippen molar-refractivity contribution in [2.24, 2.45) is 5.73 Å². The molecule has 0 amide bonds. The van der Waals surface area contributed by atoms with Crippen molar-refractivity contribution in [2.45, 2.75) is 44.6 Å². The van der Waals surface area contributed by atoms with E-state index in [0.29, 0.717) is 5.92 Å². The number of nitrogens with two attached hydrogens (primary N) is 1. The Morgan fingerprint density at radius 1 is 1.07 bits per heavy atom. The first-order valence-electron chi connectivity index (χ1n) is 10.4. The molecule has 144 valence electrons. The summed E-state index contributed by atoms with van der Waals surface area (Å²) in [5.41, 5.74) is 8.98. The van der Waals surface area contributed by atoms with E-state index in [4.69, 9.17) is 10.5 Å². The summed E-state index contributed by atoms with van der Waals surface area (Å²) in [5.74, 6) is 0.449. The Morgan fingerprint density at radius 2 is 1.93 bits per heavy atom. The van der Waals surface area contributed by atoms with E-state index in [2.05, 4.69) is 55.5 Å². The normalized spacial score (nSPS) is 20.0. The molecule has 1 aliphatic heterocycles. The Kier molecular flexibility index (Phi) is 5.78. The van der Waals surface area contributed by atoms with Gasteiger partial charge >= 0.3 is 0 Å². The number of benzene rings is 2. The van der Waals surface area contributed by atoms with Crippen molar-refractivity contribution in [2.75, 3.05) is 6.61 Å². The summed E-state index contributed by atoms with van der Waals surface area (Å²) in [6.07, 6.45) is 21.4. The molecule has 2 aromatic carbocycles. The number of allylic oxidation sites excluding steroid dienone is 4. The van der Waals surface area contributed by atoms with Crippen LogP contribution in [0.1, 0.15) is 43.2 Å². The minimum absolute atomic E-state index is 0.230. The Labute approximate surface area is 167 Å². The maximum Gasteiger partial charge on any atom is 0.106 e. The Morgan fingerprint density at radius 3 is 2.64 bits per heavy atom. The lowest BCUT2D eigenvalue weighted by Crippen LogP contribution is -2.24. The predicted molar refractivity (Wildman–Crippen MR) is 119 cm³/mol. The highest BCUT2D eigenvalue weighted by Gasteiger charge is 2.16. The quantitative estimate of drug-likeness (QED) is 0.858. The van der Waals surface area contributed by atoms with Crippen LogP contribution < -0.4 is 16.2 Å². The second-order valence-corrected chi connectivity index (χ2v) is 7.86. The molecule has 1 heterocycles. The van der Waals surface area contributed by atoms with Crippen LogP contribution in [0.3, 0.4) is 0 Å². The first kappa shape index (κ1) is 18.8. The van der Waals surface area contributed by atoms with E-state index in [1.807, 2.05) is 18.2 Å². The molecule has 0 saturated carbocycles. The third-order valence-electron chi connectivity index (χ3n) is 5.65. The number of rotatable bonds is 2. The van der Waals surface area contributed by atoms with Crippen LogP contribution in [-0.2, 0) is 11.2 Å². The van der Waals surface area contributed by atoms with Gasteiger partial charge in [0.1, 0.15) is 6.61 Å². The van der Waals surface area contributed by atoms with E-state index in [-0.39, 0.29) is 6.04 Å². The van der Waals surface area contributed by atoms with Crippen molar-refractivity contribution in [1.29, 1.82) is 0 Å². The van der Waals surface area contributed by atoms with Crippen LogP contribution in [0.4, 0.5) is 0 Å². The van der Waals surface area contributed by atoms with Crippen LogP contribution in [0.5, 0.6) is 0 Å². The lowest BCUT2D eigenvalue weighted by molar-refractivity contribution is 0.286. The lowest BCUT2D eigenvalue weighted by atomic mass is 9.85. The molecule has 0 spiro atoms. The summed E-state index contributed by atoms with van der Waals surface area (Å²) in [6, 6.07) is 9.54. The van der Waals surface area contributed by atoms with Gasteiger partial charge in [0.05, 0.1) is 6.26 Å². The summed E-state index contributed by atoms with van der Waals surface area (Å²) >= 11 is 0. The summed E-state index contributed by atoms with van der Waals surface area (Å²) in [7, 11) is 0. The molecule has 2 aliphatic carbocycles. The lowest BCUT2D eigenvalue weighted by Gasteiger charge is -2.21. The highest BCUT2D eigenvalue weighted by Crippen LogP contribution is 2.25. The van der Waals surface area contributed by atoms with Gasteiger partial charge in [-0.1, -0.05) is 54.6 Å². The zero-order chi connectivity index (χ0) is 19.3. The third kappa shape index (κ3) is 3.98. The zero-order valence-corrected chi connectivity index (χ0v) is 16.6. The smallest absolute Gasteiger partial charge is 0.106 e. The van der Waals surface area contributed by atoms with Crippen LogP contribution in [0.15, 0.2) is 60.9 Å². The molecule has 28 heavy (non-hydrogen) atoms. The summed E-state index contributed by atoms with van der Waals surface area (Å²) in [4.78, 5) is 0. The van der Waals surface area contributed by atoms with E-state index >= 15 is 0 Å². The maximum atomic E-state index is 6.04. The summed E-state index contributed by atoms with van der Waals surface area (Å²) in [5, 5.41) is 5.68. The van der Waals surface area contributed by atoms with Gasteiger partial charge in [-0.3, -0.25) is 0 Å². The molecule has 0 bridgehead atoms. The summed E-state index contributed by atoms with van der Waals surface area (Å²) in [6.45, 7) is 2.83. The number of fused-ring (bicyclic) bond motifs is 5. The van der Waals surface area contributed by atoms with Gasteiger partial charge in [-0.15, -0.1) is 0 Å². The highest BCUT2D eigenvalue weighted by atomic mass is 16.5. The van der Waals surface area contributed by atoms with Gasteiger partial charge in [0, 0.05) is 12.0 Å². The molecule has 0 fully saturated rings. The standard InChI is InChI=1S/C21H23N.C5H6O/c1-14(22)13-16-6-4-8-19-18(16)11-12-20-17-7-3-2-5-15(17)9-10-21(19)20;1-2-4-6-5-3-1/h4,6-12,14,16H,2-3,5,13,22H2,1H3;1-4H,5H2/t14?,16-;/m0./s1. The van der Waals surface area contributed by atoms with Crippen LogP contribution in [0.25, 0.3) is 22.9 Å². The molecule has 0 saturated heterocycles. The average molecular weight is 372 g/mol. The predicted octanol–water partition coefficient (Wildman–Crippen LogP) is 4.21. The monoisotopic (exact) mass is 371 g/mol. The van der Waals surface area contributed by atoms with Crippen LogP contribution >= 0.6 is 0 Å². The van der Waals surface area contributed by atoms with Gasteiger partial charge in [-0.25, -0.2) is 0 Å². The molecule has 2 N–H and O–H groups in total. The first-order valence-corrected chi connectivity index (χ1v) is 10.4. The average Bonchev–Trinajstić information content (AvgIpc) is 2.75. The van der Waals surface area contributed by atoms with Crippen LogP contribution in [0.2, 0.25) is 0 Å². The van der Waals surface area contributed by atoms with E-state index in [0.717, 1.165) is 13.0 Å². The third-order valence-corrected chi connectivity index (χ3v) is 5.65. The zero-order valence-electron chi connectivity index (χ0n) is 16.6. The van der Waals surface area contributed by atoms with Crippen LogP contribution in [0, 0.1) is 0 Å². The number of hydrogen-bond acceptors (Lipinski definition) is 2. The van der Waals surface area contributed by atoms with Crippen molar-refractivity contribution in [3.05, 3.63) is 82.5 Å². The molecule has 2 atom stereocenters. The van der Waals surface area contributed by atoms with Crippen LogP contribution in [-0.4, -0.2) is 12.6 Å². The number of aryl methyl sites for hydroxylation is 1. The number of ether oxygens (including phenoxy) is 1. The SMILES string of the molecule is C1=CCOC=C1.CC(N)C[C@@H]1C=CC=c2c1ccc1c3c(ccc21)CCCC=3. The largest absolute Gasteiger partial charge is 0.497 e. The molecular weight excluding hydrogens is 342 g/mol. The minimum atomic E-state index is 0.230. The topological polar surface area (TPSA) is 35.2 Å².